The van der Waals surface area contributed by atoms with Gasteiger partial charge in [0.2, 0.25) is 0 Å². The van der Waals surface area contributed by atoms with Crippen molar-refractivity contribution in [2.75, 3.05) is 0 Å². The summed E-state index contributed by atoms with van der Waals surface area (Å²) in [5.74, 6) is 0.567. The Morgan fingerprint density at radius 2 is 1.92 bits per heavy atom. The maximum Gasteiger partial charge on any atom is 0.261 e. The molecule has 0 N–H and O–H groups in total. The zero-order chi connectivity index (χ0) is 16.5. The maximum atomic E-state index is 12.7. The lowest BCUT2D eigenvalue weighted by Crippen LogP contribution is -2.23. The van der Waals surface area contributed by atoms with Gasteiger partial charge in [-0.05, 0) is 41.6 Å². The fourth-order valence-electron chi connectivity index (χ4n) is 2.61. The lowest BCUT2D eigenvalue weighted by molar-refractivity contribution is 0.675. The quantitative estimate of drug-likeness (QED) is 0.575. The van der Waals surface area contributed by atoms with E-state index in [2.05, 4.69) is 20.5 Å². The summed E-state index contributed by atoms with van der Waals surface area (Å²) >= 11 is 0. The zero-order valence-corrected chi connectivity index (χ0v) is 13.0. The Kier molecular flexibility index (Phi) is 3.38. The lowest BCUT2D eigenvalue weighted by Gasteiger charge is -2.07. The van der Waals surface area contributed by atoms with Gasteiger partial charge < -0.3 is 0 Å². The van der Waals surface area contributed by atoms with E-state index in [1.165, 1.54) is 10.9 Å². The molecule has 0 unspecified atom stereocenters. The molecule has 4 aromatic rings. The molecule has 24 heavy (non-hydrogen) atoms. The van der Waals surface area contributed by atoms with Gasteiger partial charge in [0.1, 0.15) is 0 Å². The average molecular weight is 318 g/mol. The summed E-state index contributed by atoms with van der Waals surface area (Å²) in [5, 5.41) is 12.4. The van der Waals surface area contributed by atoms with Crippen LogP contribution in [0.4, 0.5) is 0 Å². The molecule has 0 aliphatic heterocycles. The first-order valence-electron chi connectivity index (χ1n) is 7.51. The highest BCUT2D eigenvalue weighted by Gasteiger charge is 2.11. The van der Waals surface area contributed by atoms with Crippen molar-refractivity contribution in [3.8, 4) is 5.69 Å². The molecule has 2 heterocycles. The monoisotopic (exact) mass is 318 g/mol. The van der Waals surface area contributed by atoms with Crippen LogP contribution in [0.15, 0.2) is 59.7 Å². The van der Waals surface area contributed by atoms with E-state index in [0.717, 1.165) is 11.3 Å². The molecule has 4 rings (SSSR count). The predicted octanol–water partition coefficient (Wildman–Crippen LogP) is 1.73. The second-order valence-electron chi connectivity index (χ2n) is 5.54. The number of tetrazole rings is 1. The van der Waals surface area contributed by atoms with Gasteiger partial charge in [0.25, 0.3) is 5.56 Å². The van der Waals surface area contributed by atoms with Crippen molar-refractivity contribution >= 4 is 10.9 Å². The average Bonchev–Trinajstić information content (AvgIpc) is 3.07. The van der Waals surface area contributed by atoms with Crippen molar-refractivity contribution in [2.45, 2.75) is 13.5 Å². The van der Waals surface area contributed by atoms with Gasteiger partial charge in [-0.1, -0.05) is 29.8 Å². The van der Waals surface area contributed by atoms with E-state index in [1.54, 1.807) is 4.68 Å². The van der Waals surface area contributed by atoms with E-state index in [9.17, 15) is 4.79 Å². The number of rotatable bonds is 3. The Labute approximate surface area is 137 Å². The van der Waals surface area contributed by atoms with E-state index >= 15 is 0 Å². The molecule has 0 bridgehead atoms. The van der Waals surface area contributed by atoms with E-state index < -0.39 is 0 Å². The minimum atomic E-state index is -0.105. The Morgan fingerprint density at radius 3 is 2.75 bits per heavy atom. The molecule has 0 saturated heterocycles. The van der Waals surface area contributed by atoms with Crippen LogP contribution in [-0.2, 0) is 6.54 Å². The first kappa shape index (κ1) is 14.3. The van der Waals surface area contributed by atoms with Crippen molar-refractivity contribution in [1.82, 2.24) is 29.8 Å². The molecule has 2 aromatic carbocycles. The van der Waals surface area contributed by atoms with Gasteiger partial charge >= 0.3 is 0 Å². The summed E-state index contributed by atoms with van der Waals surface area (Å²) in [4.78, 5) is 17.1. The Balaban J connectivity index is 1.78. The second kappa shape index (κ2) is 5.69. The van der Waals surface area contributed by atoms with Crippen molar-refractivity contribution in [3.63, 3.8) is 0 Å². The highest BCUT2D eigenvalue weighted by Crippen LogP contribution is 2.11. The lowest BCUT2D eigenvalue weighted by atomic mass is 10.2. The van der Waals surface area contributed by atoms with Crippen molar-refractivity contribution < 1.29 is 0 Å². The van der Waals surface area contributed by atoms with Crippen LogP contribution < -0.4 is 5.56 Å². The third kappa shape index (κ3) is 2.45. The molecular weight excluding hydrogens is 304 g/mol. The molecule has 2 aromatic heterocycles. The highest BCUT2D eigenvalue weighted by atomic mass is 16.1. The minimum absolute atomic E-state index is 0.105. The molecule has 0 atom stereocenters. The molecule has 0 spiro atoms. The van der Waals surface area contributed by atoms with Gasteiger partial charge in [0.15, 0.2) is 5.82 Å². The first-order valence-corrected chi connectivity index (χ1v) is 7.51. The largest absolute Gasteiger partial charge is 0.291 e. The maximum absolute atomic E-state index is 12.7. The molecular formula is C17H14N6O. The molecule has 118 valence electrons. The van der Waals surface area contributed by atoms with Crippen LogP contribution in [0.1, 0.15) is 11.4 Å². The van der Waals surface area contributed by atoms with Crippen molar-refractivity contribution in [1.29, 1.82) is 0 Å². The van der Waals surface area contributed by atoms with Crippen LogP contribution in [0.3, 0.4) is 0 Å². The van der Waals surface area contributed by atoms with Crippen LogP contribution in [0.2, 0.25) is 0 Å². The Morgan fingerprint density at radius 1 is 1.08 bits per heavy atom. The summed E-state index contributed by atoms with van der Waals surface area (Å²) in [6.07, 6.45) is 1.53. The Bertz CT molecular complexity index is 1070. The molecule has 7 nitrogen and oxygen atoms in total. The van der Waals surface area contributed by atoms with Crippen LogP contribution in [0.5, 0.6) is 0 Å². The van der Waals surface area contributed by atoms with Gasteiger partial charge in [0.05, 0.1) is 29.5 Å². The fraction of sp³-hybridized carbons (Fsp3) is 0.118. The molecule has 0 radical (unpaired) electrons. The van der Waals surface area contributed by atoms with Gasteiger partial charge in [-0.25, -0.2) is 4.98 Å². The molecule has 0 aliphatic carbocycles. The number of benzene rings is 2. The number of para-hydroxylation sites is 1. The Hall–Kier alpha value is -3.35. The van der Waals surface area contributed by atoms with Crippen LogP contribution in [-0.4, -0.2) is 29.8 Å². The van der Waals surface area contributed by atoms with E-state index in [0.29, 0.717) is 16.7 Å². The molecule has 0 fully saturated rings. The molecule has 0 saturated carbocycles. The highest BCUT2D eigenvalue weighted by molar-refractivity contribution is 5.77. The first-order chi connectivity index (χ1) is 11.7. The second-order valence-corrected chi connectivity index (χ2v) is 5.54. The van der Waals surface area contributed by atoms with E-state index in [4.69, 9.17) is 0 Å². The third-order valence-corrected chi connectivity index (χ3v) is 3.83. The smallest absolute Gasteiger partial charge is 0.261 e. The molecule has 0 amide bonds. The summed E-state index contributed by atoms with van der Waals surface area (Å²) < 4.78 is 3.14. The number of aryl methyl sites for hydroxylation is 1. The summed E-state index contributed by atoms with van der Waals surface area (Å²) in [6, 6.07) is 15.2. The number of hydrogen-bond donors (Lipinski definition) is 0. The third-order valence-electron chi connectivity index (χ3n) is 3.83. The number of nitrogens with zero attached hydrogens (tertiary/aromatic N) is 6. The van der Waals surface area contributed by atoms with Crippen molar-refractivity contribution in [3.05, 3.63) is 76.6 Å². The predicted molar refractivity (Wildman–Crippen MR) is 89.0 cm³/mol. The summed E-state index contributed by atoms with van der Waals surface area (Å²) in [6.45, 7) is 2.20. The van der Waals surface area contributed by atoms with E-state index in [-0.39, 0.29) is 12.1 Å². The van der Waals surface area contributed by atoms with Gasteiger partial charge in [-0.2, -0.15) is 4.68 Å². The summed E-state index contributed by atoms with van der Waals surface area (Å²) in [5.41, 5.74) is 2.44. The normalized spacial score (nSPS) is 11.0. The summed E-state index contributed by atoms with van der Waals surface area (Å²) in [7, 11) is 0. The molecule has 0 aliphatic rings. The zero-order valence-electron chi connectivity index (χ0n) is 13.0. The van der Waals surface area contributed by atoms with Crippen LogP contribution in [0.25, 0.3) is 16.6 Å². The number of fused-ring (bicyclic) bond motifs is 1. The number of aromatic nitrogens is 6. The molecule has 7 heteroatoms. The van der Waals surface area contributed by atoms with Gasteiger partial charge in [-0.3, -0.25) is 9.36 Å². The topological polar surface area (TPSA) is 78.5 Å². The standard InChI is InChI=1S/C17H14N6O/c1-12-7-8-15-14(9-12)17(24)22(11-18-15)10-16-19-20-21-23(16)13-5-3-2-4-6-13/h2-9,11H,10H2,1H3. The number of hydrogen-bond acceptors (Lipinski definition) is 5. The van der Waals surface area contributed by atoms with Crippen LogP contribution >= 0.6 is 0 Å². The van der Waals surface area contributed by atoms with Crippen molar-refractivity contribution in [2.24, 2.45) is 0 Å². The van der Waals surface area contributed by atoms with E-state index in [1.807, 2.05) is 55.5 Å². The van der Waals surface area contributed by atoms with Gasteiger partial charge in [-0.15, -0.1) is 5.10 Å². The SMILES string of the molecule is Cc1ccc2ncn(Cc3nnnn3-c3ccccc3)c(=O)c2c1. The van der Waals surface area contributed by atoms with Crippen LogP contribution in [0, 0.1) is 6.92 Å². The minimum Gasteiger partial charge on any atom is -0.291 e. The fourth-order valence-corrected chi connectivity index (χ4v) is 2.61. The van der Waals surface area contributed by atoms with Gasteiger partial charge in [0, 0.05) is 0 Å².